The van der Waals surface area contributed by atoms with E-state index in [1.165, 1.54) is 7.11 Å². The number of hydrogen-bond donors (Lipinski definition) is 2. The molecule has 6 nitrogen and oxygen atoms in total. The molecule has 1 aliphatic heterocycles. The number of aromatic amines is 1. The second-order valence-corrected chi connectivity index (χ2v) is 4.59. The lowest BCUT2D eigenvalue weighted by Gasteiger charge is -2.22. The molecule has 0 saturated heterocycles. The first-order chi connectivity index (χ1) is 9.63. The number of hydrogen-bond acceptors (Lipinski definition) is 4. The Morgan fingerprint density at radius 2 is 2.29 bits per heavy atom. The van der Waals surface area contributed by atoms with Crippen LogP contribution >= 0.6 is 12.4 Å². The van der Waals surface area contributed by atoms with Crippen LogP contribution in [0.15, 0.2) is 0 Å². The minimum absolute atomic E-state index is 0. The number of methoxy groups -OCH3 is 1. The molecule has 2 heterocycles. The van der Waals surface area contributed by atoms with Crippen LogP contribution in [0, 0.1) is 0 Å². The van der Waals surface area contributed by atoms with Crippen LogP contribution in [0.5, 0.6) is 0 Å². The van der Waals surface area contributed by atoms with Crippen LogP contribution in [-0.4, -0.2) is 60.8 Å². The van der Waals surface area contributed by atoms with E-state index in [0.29, 0.717) is 6.54 Å². The molecule has 21 heavy (non-hydrogen) atoms. The van der Waals surface area contributed by atoms with Crippen LogP contribution in [0.3, 0.4) is 0 Å². The van der Waals surface area contributed by atoms with Crippen molar-refractivity contribution in [3.63, 3.8) is 0 Å². The van der Waals surface area contributed by atoms with Gasteiger partial charge in [0.1, 0.15) is 0 Å². The lowest BCUT2D eigenvalue weighted by atomic mass is 10.1. The molecule has 0 bridgehead atoms. The average molecular weight is 325 g/mol. The van der Waals surface area contributed by atoms with E-state index >= 15 is 0 Å². The van der Waals surface area contributed by atoms with E-state index in [0.717, 1.165) is 29.1 Å². The quantitative estimate of drug-likeness (QED) is 0.813. The van der Waals surface area contributed by atoms with Crippen LogP contribution in [0.1, 0.15) is 21.7 Å². The summed E-state index contributed by atoms with van der Waals surface area (Å²) in [6.07, 6.45) is -1.83. The molecule has 0 radical (unpaired) electrons. The fourth-order valence-corrected chi connectivity index (χ4v) is 2.20. The fraction of sp³-hybridized carbons (Fsp3) is 0.667. The normalized spacial score (nSPS) is 13.7. The number of rotatable bonds is 6. The molecule has 0 unspecified atom stereocenters. The van der Waals surface area contributed by atoms with Gasteiger partial charge in [0, 0.05) is 44.4 Å². The lowest BCUT2D eigenvalue weighted by Crippen LogP contribution is -2.38. The molecule has 0 aromatic carbocycles. The van der Waals surface area contributed by atoms with E-state index in [-0.39, 0.29) is 31.3 Å². The number of fused-ring (bicyclic) bond motifs is 1. The minimum Gasteiger partial charge on any atom is -0.383 e. The largest absolute Gasteiger partial charge is 0.383 e. The SMILES string of the molecule is COCCN(CC(F)F)C(=O)c1n[nH]c2c1CNCC2.Cl. The van der Waals surface area contributed by atoms with Crippen LogP contribution < -0.4 is 5.32 Å². The first-order valence-electron chi connectivity index (χ1n) is 6.46. The van der Waals surface area contributed by atoms with Gasteiger partial charge in [-0.2, -0.15) is 5.10 Å². The van der Waals surface area contributed by atoms with Gasteiger partial charge < -0.3 is 15.0 Å². The van der Waals surface area contributed by atoms with Crippen molar-refractivity contribution in [1.82, 2.24) is 20.4 Å². The summed E-state index contributed by atoms with van der Waals surface area (Å²) in [5.41, 5.74) is 1.90. The topological polar surface area (TPSA) is 70.2 Å². The maximum absolute atomic E-state index is 12.6. The Balaban J connectivity index is 0.00000220. The smallest absolute Gasteiger partial charge is 0.274 e. The number of carbonyl (C=O) groups excluding carboxylic acids is 1. The molecule has 120 valence electrons. The summed E-state index contributed by atoms with van der Waals surface area (Å²) in [5.74, 6) is -0.483. The van der Waals surface area contributed by atoms with Gasteiger partial charge in [-0.3, -0.25) is 9.89 Å². The second kappa shape index (κ2) is 8.26. The standard InChI is InChI=1S/C12H18F2N4O2.ClH/c1-20-5-4-18(7-10(13)14)12(19)11-8-6-15-3-2-9(8)16-17-11;/h10,15H,2-7H2,1H3,(H,16,17);1H. The first kappa shape index (κ1) is 17.8. The van der Waals surface area contributed by atoms with E-state index in [2.05, 4.69) is 15.5 Å². The van der Waals surface area contributed by atoms with Gasteiger partial charge in [0.25, 0.3) is 12.3 Å². The molecule has 2 rings (SSSR count). The molecule has 2 N–H and O–H groups in total. The molecule has 0 aliphatic carbocycles. The molecule has 1 aromatic rings. The number of amides is 1. The third-order valence-electron chi connectivity index (χ3n) is 3.22. The number of aromatic nitrogens is 2. The van der Waals surface area contributed by atoms with Gasteiger partial charge in [-0.1, -0.05) is 0 Å². The van der Waals surface area contributed by atoms with Gasteiger partial charge >= 0.3 is 0 Å². The van der Waals surface area contributed by atoms with Gasteiger partial charge in [0.05, 0.1) is 13.2 Å². The lowest BCUT2D eigenvalue weighted by molar-refractivity contribution is 0.0472. The number of halogens is 3. The Morgan fingerprint density at radius 1 is 1.52 bits per heavy atom. The Morgan fingerprint density at radius 3 is 2.95 bits per heavy atom. The van der Waals surface area contributed by atoms with Crippen LogP contribution in [0.4, 0.5) is 8.78 Å². The highest BCUT2D eigenvalue weighted by Gasteiger charge is 2.26. The summed E-state index contributed by atoms with van der Waals surface area (Å²) in [6, 6.07) is 0. The number of ether oxygens (including phenoxy) is 1. The van der Waals surface area contributed by atoms with E-state index in [9.17, 15) is 13.6 Å². The third-order valence-corrected chi connectivity index (χ3v) is 3.22. The zero-order valence-corrected chi connectivity index (χ0v) is 12.5. The fourth-order valence-electron chi connectivity index (χ4n) is 2.20. The number of nitrogens with zero attached hydrogens (tertiary/aromatic N) is 2. The van der Waals surface area contributed by atoms with Gasteiger partial charge in [-0.15, -0.1) is 12.4 Å². The summed E-state index contributed by atoms with van der Waals surface area (Å²) in [4.78, 5) is 13.4. The van der Waals surface area contributed by atoms with Crippen molar-refractivity contribution in [2.45, 2.75) is 19.4 Å². The molecule has 0 saturated carbocycles. The van der Waals surface area contributed by atoms with Crippen molar-refractivity contribution in [3.8, 4) is 0 Å². The predicted molar refractivity (Wildman–Crippen MR) is 75.0 cm³/mol. The average Bonchev–Trinajstić information content (AvgIpc) is 2.86. The van der Waals surface area contributed by atoms with Crippen molar-refractivity contribution in [3.05, 3.63) is 17.0 Å². The van der Waals surface area contributed by atoms with E-state index in [4.69, 9.17) is 4.74 Å². The van der Waals surface area contributed by atoms with Crippen molar-refractivity contribution in [1.29, 1.82) is 0 Å². The van der Waals surface area contributed by atoms with Gasteiger partial charge in [0.15, 0.2) is 5.69 Å². The van der Waals surface area contributed by atoms with E-state index in [1.807, 2.05) is 0 Å². The zero-order chi connectivity index (χ0) is 14.5. The summed E-state index contributed by atoms with van der Waals surface area (Å²) in [6.45, 7) is 1.06. The molecule has 9 heteroatoms. The summed E-state index contributed by atoms with van der Waals surface area (Å²) >= 11 is 0. The number of carbonyl (C=O) groups is 1. The molecule has 0 spiro atoms. The Kier molecular flexibility index (Phi) is 7.00. The number of alkyl halides is 2. The molecule has 0 fully saturated rings. The van der Waals surface area contributed by atoms with Gasteiger partial charge in [-0.05, 0) is 0 Å². The van der Waals surface area contributed by atoms with E-state index < -0.39 is 18.9 Å². The van der Waals surface area contributed by atoms with Crippen molar-refractivity contribution in [2.24, 2.45) is 0 Å². The molecular formula is C12H19ClF2N4O2. The van der Waals surface area contributed by atoms with Crippen molar-refractivity contribution < 1.29 is 18.3 Å². The Bertz CT molecular complexity index is 470. The highest BCUT2D eigenvalue weighted by Crippen LogP contribution is 2.17. The molecule has 1 aromatic heterocycles. The van der Waals surface area contributed by atoms with E-state index in [1.54, 1.807) is 0 Å². The molecule has 1 amide bonds. The number of nitrogens with one attached hydrogen (secondary N) is 2. The van der Waals surface area contributed by atoms with Crippen LogP contribution in [-0.2, 0) is 17.7 Å². The monoisotopic (exact) mass is 324 g/mol. The Hall–Kier alpha value is -1.25. The Labute approximate surface area is 127 Å². The maximum Gasteiger partial charge on any atom is 0.274 e. The van der Waals surface area contributed by atoms with Crippen molar-refractivity contribution >= 4 is 18.3 Å². The van der Waals surface area contributed by atoms with Crippen LogP contribution in [0.2, 0.25) is 0 Å². The summed E-state index contributed by atoms with van der Waals surface area (Å²) in [5, 5.41) is 9.95. The summed E-state index contributed by atoms with van der Waals surface area (Å²) < 4.78 is 30.0. The minimum atomic E-state index is -2.58. The van der Waals surface area contributed by atoms with Gasteiger partial charge in [0.2, 0.25) is 0 Å². The third kappa shape index (κ3) is 4.36. The van der Waals surface area contributed by atoms with Crippen molar-refractivity contribution in [2.75, 3.05) is 33.4 Å². The summed E-state index contributed by atoms with van der Waals surface area (Å²) in [7, 11) is 1.46. The molecule has 1 aliphatic rings. The molecule has 0 atom stereocenters. The maximum atomic E-state index is 12.6. The van der Waals surface area contributed by atoms with Crippen LogP contribution in [0.25, 0.3) is 0 Å². The zero-order valence-electron chi connectivity index (χ0n) is 11.7. The highest BCUT2D eigenvalue weighted by molar-refractivity contribution is 5.94. The second-order valence-electron chi connectivity index (χ2n) is 4.59. The first-order valence-corrected chi connectivity index (χ1v) is 6.46. The van der Waals surface area contributed by atoms with Gasteiger partial charge in [-0.25, -0.2) is 8.78 Å². The highest BCUT2D eigenvalue weighted by atomic mass is 35.5. The molecular weight excluding hydrogens is 306 g/mol. The number of H-pyrrole nitrogens is 1. The predicted octanol–water partition coefficient (Wildman–Crippen LogP) is 0.831.